The number of likely N-dealkylation sites (tertiary alicyclic amines) is 1. The lowest BCUT2D eigenvalue weighted by atomic mass is 10.1. The van der Waals surface area contributed by atoms with E-state index < -0.39 is 5.54 Å². The van der Waals surface area contributed by atoms with Gasteiger partial charge in [-0.15, -0.1) is 0 Å². The minimum Gasteiger partial charge on any atom is -0.489 e. The van der Waals surface area contributed by atoms with Gasteiger partial charge in [-0.05, 0) is 31.2 Å². The Balaban J connectivity index is 1.53. The molecule has 0 bridgehead atoms. The Morgan fingerprint density at radius 3 is 2.57 bits per heavy atom. The normalized spacial score (nSPS) is 15.3. The van der Waals surface area contributed by atoms with E-state index in [0.717, 1.165) is 18.6 Å². The molecule has 0 saturated carbocycles. The van der Waals surface area contributed by atoms with Crippen LogP contribution in [0, 0.1) is 0 Å². The molecule has 0 aliphatic carbocycles. The summed E-state index contributed by atoms with van der Waals surface area (Å²) in [6, 6.07) is 7.09. The number of carbonyl (C=O) groups excluding carboxylic acids is 1. The first-order chi connectivity index (χ1) is 13.5. The van der Waals surface area contributed by atoms with Crippen LogP contribution in [0.4, 0.5) is 5.82 Å². The van der Waals surface area contributed by atoms with Crippen LogP contribution in [-0.2, 0) is 0 Å². The fourth-order valence-electron chi connectivity index (χ4n) is 3.00. The van der Waals surface area contributed by atoms with Gasteiger partial charge in [0.15, 0.2) is 0 Å². The van der Waals surface area contributed by atoms with Crippen molar-refractivity contribution in [2.75, 3.05) is 31.6 Å². The number of pyridine rings is 2. The summed E-state index contributed by atoms with van der Waals surface area (Å²) in [5.41, 5.74) is -0.360. The number of rotatable bonds is 7. The minimum absolute atomic E-state index is 0.0639. The third kappa shape index (κ3) is 4.96. The van der Waals surface area contributed by atoms with Crippen LogP contribution in [-0.4, -0.2) is 68.9 Å². The van der Waals surface area contributed by atoms with E-state index in [1.807, 2.05) is 12.1 Å². The van der Waals surface area contributed by atoms with Crippen LogP contribution in [0.1, 0.15) is 30.1 Å². The zero-order valence-corrected chi connectivity index (χ0v) is 15.9. The number of hydrogen-bond acceptors (Lipinski definition) is 7. The van der Waals surface area contributed by atoms with Gasteiger partial charge in [0.1, 0.15) is 17.7 Å². The van der Waals surface area contributed by atoms with E-state index in [1.165, 1.54) is 6.20 Å². The van der Waals surface area contributed by atoms with Crippen molar-refractivity contribution in [1.82, 2.24) is 14.9 Å². The molecule has 2 aromatic rings. The molecule has 0 aromatic carbocycles. The summed E-state index contributed by atoms with van der Waals surface area (Å²) in [6.07, 6.45) is 6.51. The molecule has 0 spiro atoms. The van der Waals surface area contributed by atoms with Gasteiger partial charge < -0.3 is 25.2 Å². The van der Waals surface area contributed by atoms with Crippen molar-refractivity contribution in [2.24, 2.45) is 0 Å². The van der Waals surface area contributed by atoms with Crippen LogP contribution < -0.4 is 10.1 Å². The van der Waals surface area contributed by atoms with Gasteiger partial charge in [-0.25, -0.2) is 4.98 Å². The summed E-state index contributed by atoms with van der Waals surface area (Å²) in [7, 11) is 0. The number of nitrogens with zero attached hydrogens (tertiary/aromatic N) is 3. The molecule has 0 atom stereocenters. The van der Waals surface area contributed by atoms with E-state index in [9.17, 15) is 15.0 Å². The number of aromatic nitrogens is 2. The Hall–Kier alpha value is -2.71. The van der Waals surface area contributed by atoms with Crippen LogP contribution in [0.2, 0.25) is 0 Å². The SMILES string of the molecule is CC(CO)(CO)Nc1ccc(C(=O)N2CCC(Oc3cccnc3)CC2)cn1. The molecule has 150 valence electrons. The summed E-state index contributed by atoms with van der Waals surface area (Å²) in [5, 5.41) is 21.7. The number of ether oxygens (including phenoxy) is 1. The Kier molecular flexibility index (Phi) is 6.43. The second kappa shape index (κ2) is 8.99. The standard InChI is InChI=1S/C20H26N4O4/c1-20(13-25,14-26)23-18-5-4-15(11-22-18)19(27)24-9-6-16(7-10-24)28-17-3-2-8-21-12-17/h2-5,8,11-12,16,25-26H,6-7,9-10,13-14H2,1H3,(H,22,23). The second-order valence-electron chi connectivity index (χ2n) is 7.23. The molecule has 3 rings (SSSR count). The molecule has 1 fully saturated rings. The number of carbonyl (C=O) groups is 1. The average Bonchev–Trinajstić information content (AvgIpc) is 2.75. The summed E-state index contributed by atoms with van der Waals surface area (Å²) >= 11 is 0. The van der Waals surface area contributed by atoms with Crippen molar-refractivity contribution in [1.29, 1.82) is 0 Å². The van der Waals surface area contributed by atoms with E-state index in [1.54, 1.807) is 36.4 Å². The largest absolute Gasteiger partial charge is 0.489 e. The molecule has 3 heterocycles. The number of hydrogen-bond donors (Lipinski definition) is 3. The maximum atomic E-state index is 12.7. The van der Waals surface area contributed by atoms with Crippen LogP contribution in [0.15, 0.2) is 42.9 Å². The first-order valence-electron chi connectivity index (χ1n) is 9.35. The van der Waals surface area contributed by atoms with E-state index in [-0.39, 0.29) is 25.2 Å². The first-order valence-corrected chi connectivity index (χ1v) is 9.35. The van der Waals surface area contributed by atoms with Crippen molar-refractivity contribution >= 4 is 11.7 Å². The van der Waals surface area contributed by atoms with Crippen molar-refractivity contribution in [3.8, 4) is 5.75 Å². The number of amides is 1. The van der Waals surface area contributed by atoms with E-state index in [4.69, 9.17) is 4.74 Å². The molecule has 1 saturated heterocycles. The topological polar surface area (TPSA) is 108 Å². The number of anilines is 1. The van der Waals surface area contributed by atoms with Gasteiger partial charge in [0.2, 0.25) is 0 Å². The van der Waals surface area contributed by atoms with E-state index in [0.29, 0.717) is 24.5 Å². The first kappa shape index (κ1) is 20.0. The Bertz CT molecular complexity index is 758. The van der Waals surface area contributed by atoms with Crippen molar-refractivity contribution < 1.29 is 19.7 Å². The van der Waals surface area contributed by atoms with Gasteiger partial charge in [-0.3, -0.25) is 9.78 Å². The van der Waals surface area contributed by atoms with Gasteiger partial charge in [0.25, 0.3) is 5.91 Å². The highest BCUT2D eigenvalue weighted by Gasteiger charge is 2.26. The molecule has 8 nitrogen and oxygen atoms in total. The van der Waals surface area contributed by atoms with Gasteiger partial charge in [-0.1, -0.05) is 0 Å². The Morgan fingerprint density at radius 2 is 2.00 bits per heavy atom. The maximum absolute atomic E-state index is 12.7. The second-order valence-corrected chi connectivity index (χ2v) is 7.23. The number of nitrogens with one attached hydrogen (secondary N) is 1. The molecule has 3 N–H and O–H groups in total. The molecule has 2 aromatic heterocycles. The molecule has 1 aliphatic rings. The van der Waals surface area contributed by atoms with Crippen LogP contribution in [0.3, 0.4) is 0 Å². The molecular formula is C20H26N4O4. The number of aliphatic hydroxyl groups is 2. The van der Waals surface area contributed by atoms with Crippen LogP contribution in [0.5, 0.6) is 5.75 Å². The fourth-order valence-corrected chi connectivity index (χ4v) is 3.00. The smallest absolute Gasteiger partial charge is 0.255 e. The molecule has 0 unspecified atom stereocenters. The van der Waals surface area contributed by atoms with Crippen molar-refractivity contribution in [3.05, 3.63) is 48.4 Å². The molecule has 1 amide bonds. The zero-order valence-electron chi connectivity index (χ0n) is 15.9. The van der Waals surface area contributed by atoms with E-state index in [2.05, 4.69) is 15.3 Å². The molecule has 28 heavy (non-hydrogen) atoms. The average molecular weight is 386 g/mol. The maximum Gasteiger partial charge on any atom is 0.255 e. The van der Waals surface area contributed by atoms with Crippen LogP contribution in [0.25, 0.3) is 0 Å². The summed E-state index contributed by atoms with van der Waals surface area (Å²) in [5.74, 6) is 1.18. The Morgan fingerprint density at radius 1 is 1.25 bits per heavy atom. The molecule has 1 aliphatic heterocycles. The summed E-state index contributed by atoms with van der Waals surface area (Å²) in [4.78, 5) is 22.8. The van der Waals surface area contributed by atoms with Gasteiger partial charge >= 0.3 is 0 Å². The summed E-state index contributed by atoms with van der Waals surface area (Å²) in [6.45, 7) is 2.46. The van der Waals surface area contributed by atoms with Crippen molar-refractivity contribution in [2.45, 2.75) is 31.4 Å². The predicted octanol–water partition coefficient (Wildman–Crippen LogP) is 1.32. The van der Waals surface area contributed by atoms with Gasteiger partial charge in [0, 0.05) is 38.3 Å². The fraction of sp³-hybridized carbons (Fsp3) is 0.450. The molecule has 0 radical (unpaired) electrons. The highest BCUT2D eigenvalue weighted by Crippen LogP contribution is 2.20. The number of aliphatic hydroxyl groups excluding tert-OH is 2. The monoisotopic (exact) mass is 386 g/mol. The third-order valence-electron chi connectivity index (χ3n) is 4.80. The van der Waals surface area contributed by atoms with E-state index >= 15 is 0 Å². The van der Waals surface area contributed by atoms with Crippen molar-refractivity contribution in [3.63, 3.8) is 0 Å². The highest BCUT2D eigenvalue weighted by molar-refractivity contribution is 5.94. The molecular weight excluding hydrogens is 360 g/mol. The lowest BCUT2D eigenvalue weighted by Gasteiger charge is -2.32. The summed E-state index contributed by atoms with van der Waals surface area (Å²) < 4.78 is 5.91. The number of piperidine rings is 1. The lowest BCUT2D eigenvalue weighted by molar-refractivity contribution is 0.0594. The zero-order chi connectivity index (χ0) is 20.0. The lowest BCUT2D eigenvalue weighted by Crippen LogP contribution is -2.43. The van der Waals surface area contributed by atoms with Crippen LogP contribution >= 0.6 is 0 Å². The molecule has 8 heteroatoms. The predicted molar refractivity (Wildman–Crippen MR) is 104 cm³/mol. The minimum atomic E-state index is -0.866. The Labute approximate surface area is 164 Å². The van der Waals surface area contributed by atoms with Gasteiger partial charge in [-0.2, -0.15) is 0 Å². The van der Waals surface area contributed by atoms with Gasteiger partial charge in [0.05, 0.1) is 30.5 Å². The highest BCUT2D eigenvalue weighted by atomic mass is 16.5. The third-order valence-corrected chi connectivity index (χ3v) is 4.80. The quantitative estimate of drug-likeness (QED) is 0.658.